The van der Waals surface area contributed by atoms with E-state index >= 15 is 0 Å². The molecule has 0 fully saturated rings. The number of rotatable bonds is 9. The molecule has 1 atom stereocenters. The van der Waals surface area contributed by atoms with Gasteiger partial charge in [0.15, 0.2) is 0 Å². The number of esters is 2. The van der Waals surface area contributed by atoms with Crippen LogP contribution < -0.4 is 0 Å². The van der Waals surface area contributed by atoms with Gasteiger partial charge in [-0.15, -0.1) is 11.6 Å². The zero-order valence-electron chi connectivity index (χ0n) is 10.7. The molecule has 0 spiro atoms. The number of carbonyl (C=O) groups excluding carboxylic acids is 3. The fourth-order valence-electron chi connectivity index (χ4n) is 0.981. The number of hydrogen-bond donors (Lipinski definition) is 0. The van der Waals surface area contributed by atoms with Crippen LogP contribution in [0.1, 0.15) is 39.5 Å². The van der Waals surface area contributed by atoms with Crippen LogP contribution in [0.25, 0.3) is 0 Å². The Morgan fingerprint density at radius 1 is 1.00 bits per heavy atom. The second kappa shape index (κ2) is 9.88. The number of carbonyl (C=O) groups is 3. The van der Waals surface area contributed by atoms with Gasteiger partial charge in [-0.1, -0.05) is 26.7 Å². The first-order valence-corrected chi connectivity index (χ1v) is 6.49. The molecule has 0 aromatic heterocycles. The number of unbranched alkanes of at least 4 members (excludes halogenated alkanes) is 2. The first kappa shape index (κ1) is 16.9. The van der Waals surface area contributed by atoms with Gasteiger partial charge in [0.1, 0.15) is 0 Å². The van der Waals surface area contributed by atoms with Gasteiger partial charge in [-0.2, -0.15) is 0 Å². The predicted molar refractivity (Wildman–Crippen MR) is 66.4 cm³/mol. The van der Waals surface area contributed by atoms with E-state index in [0.29, 0.717) is 12.8 Å². The number of alkyl halides is 1. The molecule has 0 saturated carbocycles. The van der Waals surface area contributed by atoms with Crippen LogP contribution >= 0.6 is 11.6 Å². The second-order valence-corrected chi connectivity index (χ2v) is 4.17. The monoisotopic (exact) mass is 278 g/mol. The Morgan fingerprint density at radius 3 is 2.00 bits per heavy atom. The van der Waals surface area contributed by atoms with E-state index < -0.39 is 23.1 Å². The number of ketones is 1. The number of ether oxygens (including phenoxy) is 2. The molecule has 6 heteroatoms. The minimum absolute atomic E-state index is 0.148. The normalized spacial score (nSPS) is 11.7. The van der Waals surface area contributed by atoms with E-state index in [1.807, 2.05) is 13.8 Å². The largest absolute Gasteiger partial charge is 0.464 e. The molecule has 0 N–H and O–H groups in total. The first-order chi connectivity index (χ1) is 8.54. The number of hydrogen-bond acceptors (Lipinski definition) is 5. The number of halogens is 1. The van der Waals surface area contributed by atoms with Crippen molar-refractivity contribution in [2.45, 2.75) is 44.9 Å². The van der Waals surface area contributed by atoms with E-state index in [0.717, 1.165) is 12.8 Å². The maximum Gasteiger partial charge on any atom is 0.376 e. The van der Waals surface area contributed by atoms with Crippen molar-refractivity contribution in [3.63, 3.8) is 0 Å². The standard InChI is InChI=1S/C12H19ClO5/c1-3-5-7-17-11(15)9(13)10(14)12(16)18-8-6-4-2/h9H,3-8H2,1-2H3. The smallest absolute Gasteiger partial charge is 0.376 e. The van der Waals surface area contributed by atoms with Gasteiger partial charge in [0.25, 0.3) is 5.78 Å². The fourth-order valence-corrected chi connectivity index (χ4v) is 1.13. The summed E-state index contributed by atoms with van der Waals surface area (Å²) in [6.07, 6.45) is 3.04. The average Bonchev–Trinajstić information content (AvgIpc) is 2.37. The van der Waals surface area contributed by atoms with Crippen LogP contribution in [0.4, 0.5) is 0 Å². The Balaban J connectivity index is 4.06. The molecule has 0 heterocycles. The molecule has 0 radical (unpaired) electrons. The summed E-state index contributed by atoms with van der Waals surface area (Å²) in [7, 11) is 0. The molecule has 104 valence electrons. The lowest BCUT2D eigenvalue weighted by Gasteiger charge is -2.08. The molecule has 0 aliphatic heterocycles. The fraction of sp³-hybridized carbons (Fsp3) is 0.750. The Labute approximate surface area is 112 Å². The highest BCUT2D eigenvalue weighted by molar-refractivity contribution is 6.54. The summed E-state index contributed by atoms with van der Waals surface area (Å²) in [4.78, 5) is 33.9. The van der Waals surface area contributed by atoms with Gasteiger partial charge in [-0.3, -0.25) is 4.79 Å². The number of Topliss-reactive ketones (excluding diaryl/α,β-unsaturated/α-hetero) is 1. The lowest BCUT2D eigenvalue weighted by Crippen LogP contribution is -2.34. The minimum atomic E-state index is -1.61. The van der Waals surface area contributed by atoms with Crippen molar-refractivity contribution in [2.75, 3.05) is 13.2 Å². The second-order valence-electron chi connectivity index (χ2n) is 3.74. The predicted octanol–water partition coefficient (Wildman–Crippen LogP) is 1.85. The maximum atomic E-state index is 11.4. The molecule has 0 aliphatic carbocycles. The third-order valence-electron chi connectivity index (χ3n) is 2.11. The van der Waals surface area contributed by atoms with Crippen LogP contribution in [0.15, 0.2) is 0 Å². The molecular weight excluding hydrogens is 260 g/mol. The van der Waals surface area contributed by atoms with Gasteiger partial charge in [0.05, 0.1) is 13.2 Å². The highest BCUT2D eigenvalue weighted by atomic mass is 35.5. The van der Waals surface area contributed by atoms with Gasteiger partial charge in [0, 0.05) is 0 Å². The van der Waals surface area contributed by atoms with E-state index in [1.165, 1.54) is 0 Å². The van der Waals surface area contributed by atoms with Crippen molar-refractivity contribution in [1.82, 2.24) is 0 Å². The third-order valence-corrected chi connectivity index (χ3v) is 2.49. The molecule has 0 aliphatic rings. The summed E-state index contributed by atoms with van der Waals surface area (Å²) >= 11 is 5.54. The highest BCUT2D eigenvalue weighted by Crippen LogP contribution is 2.04. The zero-order valence-corrected chi connectivity index (χ0v) is 11.5. The lowest BCUT2D eigenvalue weighted by atomic mass is 10.3. The van der Waals surface area contributed by atoms with E-state index in [4.69, 9.17) is 16.3 Å². The quantitative estimate of drug-likeness (QED) is 0.212. The summed E-state index contributed by atoms with van der Waals surface area (Å²) in [5.74, 6) is -3.06. The van der Waals surface area contributed by atoms with E-state index in [9.17, 15) is 14.4 Å². The first-order valence-electron chi connectivity index (χ1n) is 6.06. The summed E-state index contributed by atoms with van der Waals surface area (Å²) in [5.41, 5.74) is 0. The van der Waals surface area contributed by atoms with Crippen LogP contribution in [-0.4, -0.2) is 36.3 Å². The Morgan fingerprint density at radius 2 is 1.50 bits per heavy atom. The Hall–Kier alpha value is -1.10. The third kappa shape index (κ3) is 6.59. The van der Waals surface area contributed by atoms with Crippen LogP contribution in [0.2, 0.25) is 0 Å². The summed E-state index contributed by atoms with van der Waals surface area (Å²) in [5, 5.41) is -1.61. The highest BCUT2D eigenvalue weighted by Gasteiger charge is 2.32. The van der Waals surface area contributed by atoms with E-state index in [2.05, 4.69) is 4.74 Å². The molecular formula is C12H19ClO5. The summed E-state index contributed by atoms with van der Waals surface area (Å²) in [6.45, 7) is 4.19. The van der Waals surface area contributed by atoms with Crippen molar-refractivity contribution in [2.24, 2.45) is 0 Å². The van der Waals surface area contributed by atoms with Crippen molar-refractivity contribution in [3.05, 3.63) is 0 Å². The van der Waals surface area contributed by atoms with Crippen molar-refractivity contribution >= 4 is 29.3 Å². The van der Waals surface area contributed by atoms with Gasteiger partial charge in [-0.05, 0) is 12.8 Å². The topological polar surface area (TPSA) is 69.7 Å². The van der Waals surface area contributed by atoms with Gasteiger partial charge < -0.3 is 9.47 Å². The molecule has 1 unspecified atom stereocenters. The summed E-state index contributed by atoms with van der Waals surface area (Å²) in [6, 6.07) is 0. The minimum Gasteiger partial charge on any atom is -0.464 e. The van der Waals surface area contributed by atoms with Crippen molar-refractivity contribution in [3.8, 4) is 0 Å². The van der Waals surface area contributed by atoms with E-state index in [-0.39, 0.29) is 13.2 Å². The molecule has 0 amide bonds. The van der Waals surface area contributed by atoms with Crippen LogP contribution in [0, 0.1) is 0 Å². The van der Waals surface area contributed by atoms with Crippen LogP contribution in [0.5, 0.6) is 0 Å². The molecule has 0 bridgehead atoms. The van der Waals surface area contributed by atoms with Crippen molar-refractivity contribution in [1.29, 1.82) is 0 Å². The molecule has 0 aromatic carbocycles. The van der Waals surface area contributed by atoms with E-state index in [1.54, 1.807) is 0 Å². The molecule has 0 saturated heterocycles. The average molecular weight is 279 g/mol. The molecule has 18 heavy (non-hydrogen) atoms. The molecule has 0 rings (SSSR count). The molecule has 0 aromatic rings. The van der Waals surface area contributed by atoms with Gasteiger partial charge in [-0.25, -0.2) is 9.59 Å². The Kier molecular flexibility index (Phi) is 9.28. The van der Waals surface area contributed by atoms with Crippen LogP contribution in [-0.2, 0) is 23.9 Å². The zero-order chi connectivity index (χ0) is 14.0. The van der Waals surface area contributed by atoms with Crippen molar-refractivity contribution < 1.29 is 23.9 Å². The van der Waals surface area contributed by atoms with Gasteiger partial charge in [0.2, 0.25) is 5.38 Å². The van der Waals surface area contributed by atoms with Gasteiger partial charge >= 0.3 is 11.9 Å². The Bertz CT molecular complexity index is 290. The maximum absolute atomic E-state index is 11.4. The lowest BCUT2D eigenvalue weighted by molar-refractivity contribution is -0.157. The van der Waals surface area contributed by atoms with Crippen LogP contribution in [0.3, 0.4) is 0 Å². The molecule has 5 nitrogen and oxygen atoms in total. The SMILES string of the molecule is CCCCOC(=O)C(=O)C(Cl)C(=O)OCCCC. The summed E-state index contributed by atoms with van der Waals surface area (Å²) < 4.78 is 9.40.